The van der Waals surface area contributed by atoms with Crippen LogP contribution in [0.25, 0.3) is 5.69 Å². The number of ether oxygens (including phenoxy) is 2. The molecule has 4 rings (SSSR count). The number of anilines is 2. The zero-order valence-corrected chi connectivity index (χ0v) is 11.8. The molecule has 3 aromatic rings. The molecule has 2 heterocycles. The normalized spacial score (nSPS) is 12.9. The van der Waals surface area contributed by atoms with Gasteiger partial charge in [0.15, 0.2) is 11.5 Å². The van der Waals surface area contributed by atoms with Crippen LogP contribution in [0.4, 0.5) is 11.6 Å². The number of benzene rings is 2. The Morgan fingerprint density at radius 2 is 1.77 bits per heavy atom. The largest absolute Gasteiger partial charge is 0.486 e. The zero-order valence-electron chi connectivity index (χ0n) is 11.8. The molecule has 6 heteroatoms. The van der Waals surface area contributed by atoms with Gasteiger partial charge in [-0.15, -0.1) is 5.10 Å². The topological polar surface area (TPSA) is 61.2 Å². The highest BCUT2D eigenvalue weighted by molar-refractivity contribution is 5.60. The molecule has 0 spiro atoms. The fraction of sp³-hybridized carbons (Fsp3) is 0.125. The fourth-order valence-electron chi connectivity index (χ4n) is 2.28. The molecule has 0 saturated heterocycles. The van der Waals surface area contributed by atoms with Crippen LogP contribution in [-0.2, 0) is 0 Å². The van der Waals surface area contributed by atoms with E-state index in [4.69, 9.17) is 9.47 Å². The number of rotatable bonds is 3. The Morgan fingerprint density at radius 1 is 0.955 bits per heavy atom. The average molecular weight is 294 g/mol. The van der Waals surface area contributed by atoms with Crippen molar-refractivity contribution in [1.82, 2.24) is 14.8 Å². The summed E-state index contributed by atoms with van der Waals surface area (Å²) in [4.78, 5) is 4.27. The molecule has 2 aromatic carbocycles. The van der Waals surface area contributed by atoms with E-state index in [-0.39, 0.29) is 0 Å². The van der Waals surface area contributed by atoms with Gasteiger partial charge in [-0.05, 0) is 24.3 Å². The maximum atomic E-state index is 5.57. The summed E-state index contributed by atoms with van der Waals surface area (Å²) in [5.74, 6) is 2.03. The third-order valence-electron chi connectivity index (χ3n) is 3.31. The Bertz CT molecular complexity index is 786. The number of hydrogen-bond acceptors (Lipinski definition) is 5. The summed E-state index contributed by atoms with van der Waals surface area (Å²) in [6.07, 6.45) is 1.68. The lowest BCUT2D eigenvalue weighted by Crippen LogP contribution is -2.15. The van der Waals surface area contributed by atoms with Gasteiger partial charge in [0.25, 0.3) is 0 Å². The van der Waals surface area contributed by atoms with Crippen molar-refractivity contribution in [3.05, 3.63) is 54.9 Å². The standard InChI is InChI=1S/C16H14N4O2/c1-2-4-13(5-3-1)20-11-17-16(19-20)18-12-6-7-14-15(10-12)22-9-8-21-14/h1-7,10-11H,8-9H2,(H,18,19). The van der Waals surface area contributed by atoms with Gasteiger partial charge < -0.3 is 14.8 Å². The monoisotopic (exact) mass is 294 g/mol. The summed E-state index contributed by atoms with van der Waals surface area (Å²) in [6.45, 7) is 1.15. The molecular weight excluding hydrogens is 280 g/mol. The maximum Gasteiger partial charge on any atom is 0.246 e. The van der Waals surface area contributed by atoms with Crippen molar-refractivity contribution in [2.24, 2.45) is 0 Å². The number of nitrogens with one attached hydrogen (secondary N) is 1. The van der Waals surface area contributed by atoms with Gasteiger partial charge in [0, 0.05) is 11.8 Å². The van der Waals surface area contributed by atoms with E-state index in [9.17, 15) is 0 Å². The van der Waals surface area contributed by atoms with Crippen LogP contribution in [0.2, 0.25) is 0 Å². The van der Waals surface area contributed by atoms with E-state index >= 15 is 0 Å². The van der Waals surface area contributed by atoms with Gasteiger partial charge in [0.05, 0.1) is 5.69 Å². The SMILES string of the molecule is c1ccc(-n2cnc(Nc3ccc4c(c3)OCCO4)n2)cc1. The van der Waals surface area contributed by atoms with E-state index in [1.54, 1.807) is 11.0 Å². The van der Waals surface area contributed by atoms with Gasteiger partial charge in [-0.1, -0.05) is 18.2 Å². The molecule has 110 valence electrons. The Balaban J connectivity index is 1.55. The lowest BCUT2D eigenvalue weighted by Gasteiger charge is -2.18. The molecule has 0 unspecified atom stereocenters. The molecule has 22 heavy (non-hydrogen) atoms. The van der Waals surface area contributed by atoms with E-state index in [0.717, 1.165) is 22.9 Å². The van der Waals surface area contributed by atoms with E-state index in [0.29, 0.717) is 19.2 Å². The Kier molecular flexibility index (Phi) is 3.12. The molecule has 0 atom stereocenters. The Labute approximate surface area is 127 Å². The molecule has 0 aliphatic carbocycles. The van der Waals surface area contributed by atoms with Gasteiger partial charge in [0.2, 0.25) is 5.95 Å². The first-order valence-electron chi connectivity index (χ1n) is 7.02. The smallest absolute Gasteiger partial charge is 0.246 e. The van der Waals surface area contributed by atoms with Crippen LogP contribution in [0.3, 0.4) is 0 Å². The second-order valence-electron chi connectivity index (χ2n) is 4.83. The van der Waals surface area contributed by atoms with Crippen molar-refractivity contribution >= 4 is 11.6 Å². The third-order valence-corrected chi connectivity index (χ3v) is 3.31. The first kappa shape index (κ1) is 12.7. The van der Waals surface area contributed by atoms with Crippen molar-refractivity contribution in [3.8, 4) is 17.2 Å². The Hall–Kier alpha value is -3.02. The second kappa shape index (κ2) is 5.40. The maximum absolute atomic E-state index is 5.57. The van der Waals surface area contributed by atoms with Crippen molar-refractivity contribution in [3.63, 3.8) is 0 Å². The number of aromatic nitrogens is 3. The molecule has 6 nitrogen and oxygen atoms in total. The zero-order chi connectivity index (χ0) is 14.8. The summed E-state index contributed by atoms with van der Waals surface area (Å²) < 4.78 is 12.8. The van der Waals surface area contributed by atoms with Crippen LogP contribution < -0.4 is 14.8 Å². The molecule has 0 saturated carbocycles. The van der Waals surface area contributed by atoms with E-state index in [2.05, 4.69) is 15.4 Å². The minimum absolute atomic E-state index is 0.528. The molecule has 1 aromatic heterocycles. The molecule has 1 aliphatic heterocycles. The number of nitrogens with zero attached hydrogens (tertiary/aromatic N) is 3. The Morgan fingerprint density at radius 3 is 2.64 bits per heavy atom. The minimum Gasteiger partial charge on any atom is -0.486 e. The highest BCUT2D eigenvalue weighted by atomic mass is 16.6. The van der Waals surface area contributed by atoms with E-state index in [1.165, 1.54) is 0 Å². The number of para-hydroxylation sites is 1. The predicted octanol–water partition coefficient (Wildman–Crippen LogP) is 2.78. The van der Waals surface area contributed by atoms with Gasteiger partial charge in [0.1, 0.15) is 19.5 Å². The molecule has 0 amide bonds. The summed E-state index contributed by atoms with van der Waals surface area (Å²) in [5, 5.41) is 7.58. The third kappa shape index (κ3) is 2.46. The second-order valence-corrected chi connectivity index (χ2v) is 4.83. The lowest BCUT2D eigenvalue weighted by atomic mass is 10.2. The van der Waals surface area contributed by atoms with Crippen molar-refractivity contribution in [2.75, 3.05) is 18.5 Å². The molecule has 1 N–H and O–H groups in total. The molecule has 0 bridgehead atoms. The lowest BCUT2D eigenvalue weighted by molar-refractivity contribution is 0.171. The van der Waals surface area contributed by atoms with Gasteiger partial charge >= 0.3 is 0 Å². The van der Waals surface area contributed by atoms with Crippen LogP contribution in [0.15, 0.2) is 54.9 Å². The molecule has 0 radical (unpaired) electrons. The van der Waals surface area contributed by atoms with Gasteiger partial charge in [-0.3, -0.25) is 0 Å². The quantitative estimate of drug-likeness (QED) is 0.805. The van der Waals surface area contributed by atoms with Crippen LogP contribution in [-0.4, -0.2) is 28.0 Å². The van der Waals surface area contributed by atoms with Crippen LogP contribution >= 0.6 is 0 Å². The molecule has 0 fully saturated rings. The van der Waals surface area contributed by atoms with Crippen LogP contribution in [0, 0.1) is 0 Å². The van der Waals surface area contributed by atoms with Crippen molar-refractivity contribution in [1.29, 1.82) is 0 Å². The first-order chi connectivity index (χ1) is 10.9. The highest BCUT2D eigenvalue weighted by Crippen LogP contribution is 2.33. The van der Waals surface area contributed by atoms with Crippen LogP contribution in [0.5, 0.6) is 11.5 Å². The summed E-state index contributed by atoms with van der Waals surface area (Å²) in [5.41, 5.74) is 1.82. The first-order valence-corrected chi connectivity index (χ1v) is 7.02. The minimum atomic E-state index is 0.528. The summed E-state index contributed by atoms with van der Waals surface area (Å²) >= 11 is 0. The fourth-order valence-corrected chi connectivity index (χ4v) is 2.28. The van der Waals surface area contributed by atoms with Gasteiger partial charge in [-0.25, -0.2) is 4.68 Å². The number of fused-ring (bicyclic) bond motifs is 1. The highest BCUT2D eigenvalue weighted by Gasteiger charge is 2.12. The number of hydrogen-bond donors (Lipinski definition) is 1. The van der Waals surface area contributed by atoms with Crippen LogP contribution in [0.1, 0.15) is 0 Å². The van der Waals surface area contributed by atoms with E-state index < -0.39 is 0 Å². The molecular formula is C16H14N4O2. The molecule has 1 aliphatic rings. The van der Waals surface area contributed by atoms with E-state index in [1.807, 2.05) is 48.5 Å². The van der Waals surface area contributed by atoms with Crippen molar-refractivity contribution in [2.45, 2.75) is 0 Å². The summed E-state index contributed by atoms with van der Waals surface area (Å²) in [6, 6.07) is 15.5. The average Bonchev–Trinajstić information content (AvgIpc) is 3.04. The predicted molar refractivity (Wildman–Crippen MR) is 82.1 cm³/mol. The van der Waals surface area contributed by atoms with Gasteiger partial charge in [-0.2, -0.15) is 4.98 Å². The summed E-state index contributed by atoms with van der Waals surface area (Å²) in [7, 11) is 0. The van der Waals surface area contributed by atoms with Crippen molar-refractivity contribution < 1.29 is 9.47 Å².